The molecule has 7 heteroatoms. The number of H-pyrrole nitrogens is 1. The second-order valence-electron chi connectivity index (χ2n) is 6.21. The molecule has 0 atom stereocenters. The van der Waals surface area contributed by atoms with Crippen LogP contribution in [0.5, 0.6) is 0 Å². The van der Waals surface area contributed by atoms with Crippen molar-refractivity contribution in [2.75, 3.05) is 31.5 Å². The summed E-state index contributed by atoms with van der Waals surface area (Å²) in [6.45, 7) is 5.90. The van der Waals surface area contributed by atoms with E-state index in [4.69, 9.17) is 11.6 Å². The van der Waals surface area contributed by atoms with Gasteiger partial charge < -0.3 is 20.1 Å². The number of aromatic nitrogens is 1. The first-order chi connectivity index (χ1) is 11.9. The van der Waals surface area contributed by atoms with Crippen LogP contribution in [0.2, 0.25) is 5.02 Å². The largest absolute Gasteiger partial charge is 0.362 e. The molecular formula is C18H21ClN4O2. The number of carbonyl (C=O) groups is 2. The summed E-state index contributed by atoms with van der Waals surface area (Å²) in [6.07, 6.45) is 0. The fraction of sp³-hybridized carbons (Fsp3) is 0.333. The topological polar surface area (TPSA) is 68.4 Å². The van der Waals surface area contributed by atoms with Crippen molar-refractivity contribution in [2.24, 2.45) is 0 Å². The lowest BCUT2D eigenvalue weighted by atomic mass is 10.2. The van der Waals surface area contributed by atoms with Crippen LogP contribution < -0.4 is 5.32 Å². The minimum atomic E-state index is -0.164. The smallest absolute Gasteiger partial charge is 0.321 e. The third-order valence-electron chi connectivity index (χ3n) is 4.33. The number of nitrogens with zero attached hydrogens (tertiary/aromatic N) is 2. The number of anilines is 1. The van der Waals surface area contributed by atoms with Crippen LogP contribution in [0.1, 0.15) is 21.7 Å². The van der Waals surface area contributed by atoms with E-state index in [1.54, 1.807) is 34.1 Å². The van der Waals surface area contributed by atoms with Gasteiger partial charge in [-0.2, -0.15) is 0 Å². The molecule has 132 valence electrons. The van der Waals surface area contributed by atoms with Crippen molar-refractivity contribution < 1.29 is 9.59 Å². The van der Waals surface area contributed by atoms with E-state index in [0.29, 0.717) is 42.5 Å². The quantitative estimate of drug-likeness (QED) is 0.863. The summed E-state index contributed by atoms with van der Waals surface area (Å²) in [4.78, 5) is 31.6. The van der Waals surface area contributed by atoms with Crippen LogP contribution in [0, 0.1) is 13.8 Å². The van der Waals surface area contributed by atoms with Crippen LogP contribution in [-0.4, -0.2) is 52.9 Å². The van der Waals surface area contributed by atoms with Crippen LogP contribution in [0.3, 0.4) is 0 Å². The van der Waals surface area contributed by atoms with Gasteiger partial charge in [-0.1, -0.05) is 11.6 Å². The molecule has 2 N–H and O–H groups in total. The van der Waals surface area contributed by atoms with Gasteiger partial charge in [0.15, 0.2) is 0 Å². The lowest BCUT2D eigenvalue weighted by Crippen LogP contribution is -2.51. The Bertz CT molecular complexity index is 777. The zero-order valence-electron chi connectivity index (χ0n) is 14.3. The summed E-state index contributed by atoms with van der Waals surface area (Å²) >= 11 is 5.84. The Morgan fingerprint density at radius 2 is 1.64 bits per heavy atom. The van der Waals surface area contributed by atoms with E-state index in [-0.39, 0.29) is 11.9 Å². The highest BCUT2D eigenvalue weighted by atomic mass is 35.5. The van der Waals surface area contributed by atoms with Crippen molar-refractivity contribution in [3.63, 3.8) is 0 Å². The highest BCUT2D eigenvalue weighted by Crippen LogP contribution is 2.16. The van der Waals surface area contributed by atoms with Gasteiger partial charge in [0.05, 0.1) is 5.56 Å². The number of nitrogens with one attached hydrogen (secondary N) is 2. The summed E-state index contributed by atoms with van der Waals surface area (Å²) in [5.74, 6) is 0.0135. The Labute approximate surface area is 151 Å². The molecule has 1 aliphatic rings. The predicted molar refractivity (Wildman–Crippen MR) is 98.2 cm³/mol. The molecule has 0 radical (unpaired) electrons. The van der Waals surface area contributed by atoms with Crippen LogP contribution >= 0.6 is 11.6 Å². The average molecular weight is 361 g/mol. The number of urea groups is 1. The van der Waals surface area contributed by atoms with Crippen molar-refractivity contribution in [3.05, 3.63) is 52.3 Å². The molecule has 1 aliphatic heterocycles. The number of aromatic amines is 1. The fourth-order valence-electron chi connectivity index (χ4n) is 2.96. The Kier molecular flexibility index (Phi) is 4.99. The molecule has 3 amide bonds. The molecule has 3 rings (SSSR count). The molecule has 1 aromatic heterocycles. The van der Waals surface area contributed by atoms with Crippen LogP contribution in [-0.2, 0) is 0 Å². The highest BCUT2D eigenvalue weighted by Gasteiger charge is 2.26. The van der Waals surface area contributed by atoms with E-state index in [0.717, 1.165) is 11.4 Å². The maximum Gasteiger partial charge on any atom is 0.321 e. The highest BCUT2D eigenvalue weighted by molar-refractivity contribution is 6.30. The maximum atomic E-state index is 12.6. The van der Waals surface area contributed by atoms with Gasteiger partial charge in [-0.15, -0.1) is 0 Å². The number of hydrogen-bond donors (Lipinski definition) is 2. The van der Waals surface area contributed by atoms with E-state index < -0.39 is 0 Å². The lowest BCUT2D eigenvalue weighted by Gasteiger charge is -2.34. The van der Waals surface area contributed by atoms with Gasteiger partial charge >= 0.3 is 6.03 Å². The van der Waals surface area contributed by atoms with E-state index in [1.807, 2.05) is 19.9 Å². The van der Waals surface area contributed by atoms with E-state index in [1.165, 1.54) is 0 Å². The normalized spacial score (nSPS) is 14.5. The zero-order valence-corrected chi connectivity index (χ0v) is 15.1. The van der Waals surface area contributed by atoms with Gasteiger partial charge in [0, 0.05) is 48.3 Å². The first-order valence-corrected chi connectivity index (χ1v) is 8.59. The van der Waals surface area contributed by atoms with Gasteiger partial charge in [-0.05, 0) is 44.2 Å². The fourth-order valence-corrected chi connectivity index (χ4v) is 3.09. The first kappa shape index (κ1) is 17.4. The molecule has 2 aromatic rings. The van der Waals surface area contributed by atoms with Crippen molar-refractivity contribution in [1.29, 1.82) is 0 Å². The van der Waals surface area contributed by atoms with Gasteiger partial charge in [0.2, 0.25) is 0 Å². The third-order valence-corrected chi connectivity index (χ3v) is 4.58. The molecular weight excluding hydrogens is 340 g/mol. The third kappa shape index (κ3) is 3.96. The molecule has 0 bridgehead atoms. The van der Waals surface area contributed by atoms with Gasteiger partial charge in [-0.25, -0.2) is 4.79 Å². The maximum absolute atomic E-state index is 12.6. The van der Waals surface area contributed by atoms with Crippen molar-refractivity contribution in [2.45, 2.75) is 13.8 Å². The SMILES string of the molecule is Cc1cc(C(=O)N2CCN(C(=O)Nc3ccc(Cl)cc3)CC2)c(C)[nH]1. The van der Waals surface area contributed by atoms with Crippen molar-refractivity contribution in [3.8, 4) is 0 Å². The van der Waals surface area contributed by atoms with Crippen molar-refractivity contribution >= 4 is 29.2 Å². The minimum Gasteiger partial charge on any atom is -0.362 e. The number of aryl methyl sites for hydroxylation is 2. The Morgan fingerprint density at radius 3 is 2.20 bits per heavy atom. The van der Waals surface area contributed by atoms with E-state index in [2.05, 4.69) is 10.3 Å². The van der Waals surface area contributed by atoms with Gasteiger partial charge in [0.1, 0.15) is 0 Å². The number of piperazine rings is 1. The summed E-state index contributed by atoms with van der Waals surface area (Å²) in [5, 5.41) is 3.47. The van der Waals surface area contributed by atoms with Gasteiger partial charge in [0.25, 0.3) is 5.91 Å². The lowest BCUT2D eigenvalue weighted by molar-refractivity contribution is 0.0671. The predicted octanol–water partition coefficient (Wildman–Crippen LogP) is 3.27. The molecule has 0 aliphatic carbocycles. The molecule has 0 unspecified atom stereocenters. The second kappa shape index (κ2) is 7.19. The second-order valence-corrected chi connectivity index (χ2v) is 6.64. The van der Waals surface area contributed by atoms with Crippen LogP contribution in [0.25, 0.3) is 0 Å². The number of halogens is 1. The summed E-state index contributed by atoms with van der Waals surface area (Å²) < 4.78 is 0. The molecule has 6 nitrogen and oxygen atoms in total. The van der Waals surface area contributed by atoms with Crippen LogP contribution in [0.4, 0.5) is 10.5 Å². The summed E-state index contributed by atoms with van der Waals surface area (Å²) in [5.41, 5.74) is 3.26. The molecule has 0 saturated carbocycles. The minimum absolute atomic E-state index is 0.0135. The standard InChI is InChI=1S/C18H21ClN4O2/c1-12-11-16(13(2)20-12)17(24)22-7-9-23(10-8-22)18(25)21-15-5-3-14(19)4-6-15/h3-6,11,20H,7-10H2,1-2H3,(H,21,25). The first-order valence-electron chi connectivity index (χ1n) is 8.21. The molecule has 1 saturated heterocycles. The Balaban J connectivity index is 1.56. The van der Waals surface area contributed by atoms with E-state index in [9.17, 15) is 9.59 Å². The molecule has 1 aromatic carbocycles. The Morgan fingerprint density at radius 1 is 1.04 bits per heavy atom. The molecule has 0 spiro atoms. The Hall–Kier alpha value is -2.47. The molecule has 2 heterocycles. The number of amides is 3. The van der Waals surface area contributed by atoms with Crippen LogP contribution in [0.15, 0.2) is 30.3 Å². The zero-order chi connectivity index (χ0) is 18.0. The number of benzene rings is 1. The average Bonchev–Trinajstić information content (AvgIpc) is 2.94. The molecule has 1 fully saturated rings. The molecule has 25 heavy (non-hydrogen) atoms. The summed E-state index contributed by atoms with van der Waals surface area (Å²) in [6, 6.07) is 8.69. The van der Waals surface area contributed by atoms with E-state index >= 15 is 0 Å². The number of hydrogen-bond acceptors (Lipinski definition) is 2. The number of carbonyl (C=O) groups excluding carboxylic acids is 2. The monoisotopic (exact) mass is 360 g/mol. The number of rotatable bonds is 2. The summed E-state index contributed by atoms with van der Waals surface area (Å²) in [7, 11) is 0. The van der Waals surface area contributed by atoms with Gasteiger partial charge in [-0.3, -0.25) is 4.79 Å². The van der Waals surface area contributed by atoms with Crippen molar-refractivity contribution in [1.82, 2.24) is 14.8 Å².